The number of thioether (sulfide) groups is 1. The molecule has 1 aromatic carbocycles. The van der Waals surface area contributed by atoms with E-state index in [0.717, 1.165) is 4.88 Å². The Balaban J connectivity index is 1.55. The molecular formula is C16H14N6OS2. The normalized spacial score (nSPS) is 10.4. The van der Waals surface area contributed by atoms with Crippen LogP contribution in [0, 0.1) is 11.3 Å². The number of rotatable bonds is 6. The van der Waals surface area contributed by atoms with Gasteiger partial charge in [0.1, 0.15) is 6.07 Å². The fraction of sp³-hybridized carbons (Fsp3) is 0.125. The van der Waals surface area contributed by atoms with E-state index in [4.69, 9.17) is 11.1 Å². The SMILES string of the molecule is N#Cc1ccccc1NC(=O)CCSc1nnc(-c2cccs2)n1N. The highest BCUT2D eigenvalue weighted by Crippen LogP contribution is 2.25. The Hall–Kier alpha value is -2.83. The van der Waals surface area contributed by atoms with E-state index in [1.807, 2.05) is 23.6 Å². The Kier molecular flexibility index (Phi) is 5.33. The van der Waals surface area contributed by atoms with Gasteiger partial charge < -0.3 is 11.2 Å². The quantitative estimate of drug-likeness (QED) is 0.510. The molecule has 3 aromatic rings. The number of amides is 1. The Bertz CT molecular complexity index is 913. The molecule has 126 valence electrons. The molecule has 0 spiro atoms. The van der Waals surface area contributed by atoms with Crippen molar-refractivity contribution in [1.29, 1.82) is 5.26 Å². The number of nitrogen functional groups attached to an aromatic ring is 1. The van der Waals surface area contributed by atoms with Crippen LogP contribution in [0.15, 0.2) is 46.9 Å². The zero-order chi connectivity index (χ0) is 17.6. The first-order valence-corrected chi connectivity index (χ1v) is 9.21. The second-order valence-electron chi connectivity index (χ2n) is 4.96. The number of hydrogen-bond acceptors (Lipinski definition) is 7. The van der Waals surface area contributed by atoms with Crippen molar-refractivity contribution in [3.63, 3.8) is 0 Å². The maximum Gasteiger partial charge on any atom is 0.225 e. The standard InChI is InChI=1S/C16H14N6OS2/c17-10-11-4-1-2-5-12(11)19-14(23)7-9-25-16-21-20-15(22(16)18)13-6-3-8-24-13/h1-6,8H,7,9,18H2,(H,19,23). The lowest BCUT2D eigenvalue weighted by Crippen LogP contribution is -2.14. The van der Waals surface area contributed by atoms with Gasteiger partial charge in [0.2, 0.25) is 11.1 Å². The summed E-state index contributed by atoms with van der Waals surface area (Å²) in [6.07, 6.45) is 0.269. The number of para-hydroxylation sites is 1. The van der Waals surface area contributed by atoms with Crippen LogP contribution in [-0.2, 0) is 4.79 Å². The minimum Gasteiger partial charge on any atom is -0.335 e. The number of aromatic nitrogens is 3. The second-order valence-corrected chi connectivity index (χ2v) is 6.97. The van der Waals surface area contributed by atoms with Gasteiger partial charge in [0.05, 0.1) is 16.1 Å². The minimum absolute atomic E-state index is 0.170. The van der Waals surface area contributed by atoms with Crippen molar-refractivity contribution in [2.75, 3.05) is 16.9 Å². The Labute approximate surface area is 152 Å². The summed E-state index contributed by atoms with van der Waals surface area (Å²) in [7, 11) is 0. The smallest absolute Gasteiger partial charge is 0.225 e. The molecule has 3 rings (SSSR count). The number of nitrogens with one attached hydrogen (secondary N) is 1. The number of nitrogens with two attached hydrogens (primary N) is 1. The Morgan fingerprint density at radius 3 is 2.92 bits per heavy atom. The highest BCUT2D eigenvalue weighted by atomic mass is 32.2. The summed E-state index contributed by atoms with van der Waals surface area (Å²) in [6.45, 7) is 0. The predicted octanol–water partition coefficient (Wildman–Crippen LogP) is 2.71. The molecule has 2 aromatic heterocycles. The molecule has 0 saturated carbocycles. The van der Waals surface area contributed by atoms with Crippen molar-refractivity contribution < 1.29 is 4.79 Å². The van der Waals surface area contributed by atoms with Crippen molar-refractivity contribution in [3.8, 4) is 16.8 Å². The number of nitriles is 1. The number of carbonyl (C=O) groups excluding carboxylic acids is 1. The Morgan fingerprint density at radius 1 is 1.32 bits per heavy atom. The van der Waals surface area contributed by atoms with Crippen LogP contribution in [0.4, 0.5) is 5.69 Å². The minimum atomic E-state index is -0.170. The molecule has 0 aliphatic heterocycles. The molecule has 0 radical (unpaired) electrons. The summed E-state index contributed by atoms with van der Waals surface area (Å²) in [5, 5.41) is 22.4. The van der Waals surface area contributed by atoms with E-state index in [-0.39, 0.29) is 12.3 Å². The molecule has 9 heteroatoms. The summed E-state index contributed by atoms with van der Waals surface area (Å²) in [4.78, 5) is 13.0. The molecular weight excluding hydrogens is 356 g/mol. The number of hydrogen-bond donors (Lipinski definition) is 2. The van der Waals surface area contributed by atoms with Crippen LogP contribution in [-0.4, -0.2) is 26.5 Å². The van der Waals surface area contributed by atoms with Crippen LogP contribution in [0.2, 0.25) is 0 Å². The van der Waals surface area contributed by atoms with Gasteiger partial charge in [-0.1, -0.05) is 30.0 Å². The number of anilines is 1. The molecule has 0 unspecified atom stereocenters. The van der Waals surface area contributed by atoms with E-state index < -0.39 is 0 Å². The second kappa shape index (κ2) is 7.83. The van der Waals surface area contributed by atoms with E-state index in [2.05, 4.69) is 15.5 Å². The summed E-state index contributed by atoms with van der Waals surface area (Å²) in [5.74, 6) is 6.95. The number of nitrogens with zero attached hydrogens (tertiary/aromatic N) is 4. The van der Waals surface area contributed by atoms with Crippen LogP contribution >= 0.6 is 23.1 Å². The fourth-order valence-electron chi connectivity index (χ4n) is 2.09. The molecule has 0 bridgehead atoms. The highest BCUT2D eigenvalue weighted by molar-refractivity contribution is 7.99. The van der Waals surface area contributed by atoms with E-state index in [9.17, 15) is 4.79 Å². The number of benzene rings is 1. The van der Waals surface area contributed by atoms with Gasteiger partial charge in [-0.15, -0.1) is 21.5 Å². The first-order chi connectivity index (χ1) is 12.2. The van der Waals surface area contributed by atoms with E-state index in [0.29, 0.717) is 28.0 Å². The molecule has 0 atom stereocenters. The van der Waals surface area contributed by atoms with Crippen molar-refractivity contribution >= 4 is 34.7 Å². The van der Waals surface area contributed by atoms with E-state index >= 15 is 0 Å². The molecule has 3 N–H and O–H groups in total. The van der Waals surface area contributed by atoms with Gasteiger partial charge >= 0.3 is 0 Å². The van der Waals surface area contributed by atoms with Crippen molar-refractivity contribution in [3.05, 3.63) is 47.3 Å². The summed E-state index contributed by atoms with van der Waals surface area (Å²) >= 11 is 2.89. The Morgan fingerprint density at radius 2 is 2.16 bits per heavy atom. The molecule has 0 fully saturated rings. The lowest BCUT2D eigenvalue weighted by atomic mass is 10.2. The zero-order valence-corrected chi connectivity index (χ0v) is 14.7. The van der Waals surface area contributed by atoms with E-state index in [1.165, 1.54) is 27.8 Å². The molecule has 7 nitrogen and oxygen atoms in total. The average molecular weight is 370 g/mol. The van der Waals surface area contributed by atoms with Gasteiger partial charge in [-0.25, -0.2) is 4.68 Å². The summed E-state index contributed by atoms with van der Waals surface area (Å²) in [5.41, 5.74) is 0.952. The molecule has 2 heterocycles. The van der Waals surface area contributed by atoms with Crippen LogP contribution in [0.1, 0.15) is 12.0 Å². The first-order valence-electron chi connectivity index (χ1n) is 7.35. The van der Waals surface area contributed by atoms with Gasteiger partial charge in [-0.3, -0.25) is 4.79 Å². The van der Waals surface area contributed by atoms with Crippen LogP contribution in [0.25, 0.3) is 10.7 Å². The van der Waals surface area contributed by atoms with Crippen LogP contribution < -0.4 is 11.2 Å². The van der Waals surface area contributed by atoms with Gasteiger partial charge in [0.25, 0.3) is 0 Å². The number of thiophene rings is 1. The highest BCUT2D eigenvalue weighted by Gasteiger charge is 2.13. The maximum atomic E-state index is 12.0. The fourth-order valence-corrected chi connectivity index (χ4v) is 3.59. The monoisotopic (exact) mass is 370 g/mol. The third-order valence-electron chi connectivity index (χ3n) is 3.29. The lowest BCUT2D eigenvalue weighted by molar-refractivity contribution is -0.115. The number of carbonyl (C=O) groups is 1. The predicted molar refractivity (Wildman–Crippen MR) is 98.6 cm³/mol. The zero-order valence-electron chi connectivity index (χ0n) is 13.0. The lowest BCUT2D eigenvalue weighted by Gasteiger charge is -2.06. The third kappa shape index (κ3) is 3.99. The van der Waals surface area contributed by atoms with Crippen molar-refractivity contribution in [1.82, 2.24) is 14.9 Å². The van der Waals surface area contributed by atoms with Gasteiger partial charge in [0.15, 0.2) is 5.82 Å². The molecule has 0 saturated heterocycles. The topological polar surface area (TPSA) is 110 Å². The molecule has 1 amide bonds. The van der Waals surface area contributed by atoms with Gasteiger partial charge in [-0.05, 0) is 23.6 Å². The third-order valence-corrected chi connectivity index (χ3v) is 5.10. The molecule has 25 heavy (non-hydrogen) atoms. The summed E-state index contributed by atoms with van der Waals surface area (Å²) < 4.78 is 1.43. The maximum absolute atomic E-state index is 12.0. The first kappa shape index (κ1) is 17.0. The van der Waals surface area contributed by atoms with E-state index in [1.54, 1.807) is 24.3 Å². The molecule has 0 aliphatic carbocycles. The largest absolute Gasteiger partial charge is 0.335 e. The van der Waals surface area contributed by atoms with Crippen LogP contribution in [0.5, 0.6) is 0 Å². The van der Waals surface area contributed by atoms with Crippen molar-refractivity contribution in [2.45, 2.75) is 11.6 Å². The summed E-state index contributed by atoms with van der Waals surface area (Å²) in [6, 6.07) is 12.8. The van der Waals surface area contributed by atoms with Crippen molar-refractivity contribution in [2.24, 2.45) is 0 Å². The molecule has 0 aliphatic rings. The van der Waals surface area contributed by atoms with Crippen LogP contribution in [0.3, 0.4) is 0 Å². The van der Waals surface area contributed by atoms with Gasteiger partial charge in [0, 0.05) is 12.2 Å². The average Bonchev–Trinajstić information content (AvgIpc) is 3.26. The van der Waals surface area contributed by atoms with Gasteiger partial charge in [-0.2, -0.15) is 5.26 Å².